The van der Waals surface area contributed by atoms with Crippen molar-refractivity contribution in [2.24, 2.45) is 0 Å². The predicted molar refractivity (Wildman–Crippen MR) is 295 cm³/mol. The quantitative estimate of drug-likeness (QED) is 0.121. The Bertz CT molecular complexity index is 3900. The minimum absolute atomic E-state index is 0.863. The molecule has 0 fully saturated rings. The molecule has 11 aromatic carbocycles. The fourth-order valence-corrected chi connectivity index (χ4v) is 10.2. The molecular formula is C66H46N2O. The van der Waals surface area contributed by atoms with Gasteiger partial charge in [0.15, 0.2) is 0 Å². The van der Waals surface area contributed by atoms with Crippen molar-refractivity contribution in [1.82, 2.24) is 0 Å². The normalized spacial score (nSPS) is 11.7. The molecule has 12 aromatic rings. The smallest absolute Gasteiger partial charge is 0.138 e. The Balaban J connectivity index is 0.972. The van der Waals surface area contributed by atoms with Gasteiger partial charge in [-0.2, -0.15) is 0 Å². The molecule has 0 saturated heterocycles. The van der Waals surface area contributed by atoms with E-state index in [-0.39, 0.29) is 0 Å². The summed E-state index contributed by atoms with van der Waals surface area (Å²) in [6.45, 7) is 7.97. The number of furan rings is 1. The van der Waals surface area contributed by atoms with Crippen molar-refractivity contribution in [3.05, 3.63) is 274 Å². The van der Waals surface area contributed by atoms with Crippen molar-refractivity contribution in [3.63, 3.8) is 0 Å². The molecule has 0 aliphatic carbocycles. The first-order valence-electron chi connectivity index (χ1n) is 23.4. The molecule has 0 saturated carbocycles. The molecule has 3 heteroatoms. The maximum absolute atomic E-state index is 6.74. The number of benzene rings is 11. The Labute approximate surface area is 402 Å². The standard InChI is InChI=1S/C66H46N2O/c1-3-17-45(4-2)47-28-35-52(36-29-47)67(53-37-30-48(31-38-53)46-18-7-5-8-19-46)61-42-41-55(57-24-13-14-25-58(57)61)50-32-39-54(40-33-50)68(51-21-9-6-10-22-51)62-44-64-66(60-27-16-15-26-59(60)62)65-56-23-12-11-20-49(56)34-43-63(65)69-64/h3-44H,1-2H2/b45-17+. The Morgan fingerprint density at radius 2 is 0.884 bits per heavy atom. The number of anilines is 6. The van der Waals surface area contributed by atoms with E-state index in [0.29, 0.717) is 0 Å². The first kappa shape index (κ1) is 41.3. The molecule has 0 aliphatic rings. The summed E-state index contributed by atoms with van der Waals surface area (Å²) in [6.07, 6.45) is 5.67. The van der Waals surface area contributed by atoms with E-state index < -0.39 is 0 Å². The lowest BCUT2D eigenvalue weighted by Gasteiger charge is -2.28. The van der Waals surface area contributed by atoms with Crippen LogP contribution in [0.1, 0.15) is 5.56 Å². The van der Waals surface area contributed by atoms with Gasteiger partial charge in [-0.25, -0.2) is 0 Å². The number of rotatable bonds is 11. The molecule has 0 amide bonds. The van der Waals surface area contributed by atoms with Crippen LogP contribution in [0.25, 0.3) is 82.1 Å². The topological polar surface area (TPSA) is 19.6 Å². The van der Waals surface area contributed by atoms with Gasteiger partial charge in [-0.1, -0.05) is 201 Å². The van der Waals surface area contributed by atoms with Gasteiger partial charge in [-0.15, -0.1) is 0 Å². The number of hydrogen-bond donors (Lipinski definition) is 0. The van der Waals surface area contributed by atoms with Gasteiger partial charge in [0.25, 0.3) is 0 Å². The molecule has 0 bridgehead atoms. The fourth-order valence-electron chi connectivity index (χ4n) is 10.2. The second-order valence-corrected chi connectivity index (χ2v) is 17.3. The maximum atomic E-state index is 6.74. The molecule has 0 atom stereocenters. The van der Waals surface area contributed by atoms with Gasteiger partial charge in [0.05, 0.1) is 11.4 Å². The van der Waals surface area contributed by atoms with Crippen molar-refractivity contribution in [2.75, 3.05) is 9.80 Å². The Kier molecular flexibility index (Phi) is 10.5. The van der Waals surface area contributed by atoms with Gasteiger partial charge in [0.1, 0.15) is 11.2 Å². The van der Waals surface area contributed by atoms with E-state index >= 15 is 0 Å². The van der Waals surface area contributed by atoms with Crippen LogP contribution in [0.5, 0.6) is 0 Å². The van der Waals surface area contributed by atoms with Gasteiger partial charge in [-0.3, -0.25) is 0 Å². The van der Waals surface area contributed by atoms with Gasteiger partial charge >= 0.3 is 0 Å². The summed E-state index contributed by atoms with van der Waals surface area (Å²) in [4.78, 5) is 4.72. The molecule has 1 aromatic heterocycles. The zero-order valence-corrected chi connectivity index (χ0v) is 38.0. The second kappa shape index (κ2) is 17.6. The van der Waals surface area contributed by atoms with Crippen LogP contribution in [0.3, 0.4) is 0 Å². The van der Waals surface area contributed by atoms with E-state index in [1.165, 1.54) is 27.3 Å². The van der Waals surface area contributed by atoms with Gasteiger partial charge in [0, 0.05) is 50.4 Å². The highest BCUT2D eigenvalue weighted by Crippen LogP contribution is 2.47. The third-order valence-electron chi connectivity index (χ3n) is 13.4. The molecule has 0 radical (unpaired) electrons. The number of para-hydroxylation sites is 1. The first-order chi connectivity index (χ1) is 34.1. The van der Waals surface area contributed by atoms with Crippen molar-refractivity contribution in [2.45, 2.75) is 0 Å². The summed E-state index contributed by atoms with van der Waals surface area (Å²) < 4.78 is 6.74. The lowest BCUT2D eigenvalue weighted by Crippen LogP contribution is -2.11. The summed E-state index contributed by atoms with van der Waals surface area (Å²) in [6, 6.07) is 84.9. The Morgan fingerprint density at radius 1 is 0.377 bits per heavy atom. The van der Waals surface area contributed by atoms with Crippen LogP contribution in [-0.2, 0) is 0 Å². The number of fused-ring (bicyclic) bond motifs is 8. The van der Waals surface area contributed by atoms with Crippen molar-refractivity contribution in [3.8, 4) is 22.3 Å². The minimum atomic E-state index is 0.863. The van der Waals surface area contributed by atoms with Crippen molar-refractivity contribution >= 4 is 94.0 Å². The first-order valence-corrected chi connectivity index (χ1v) is 23.4. The third-order valence-corrected chi connectivity index (χ3v) is 13.4. The van der Waals surface area contributed by atoms with E-state index in [9.17, 15) is 0 Å². The van der Waals surface area contributed by atoms with Gasteiger partial charge < -0.3 is 14.2 Å². The predicted octanol–water partition coefficient (Wildman–Crippen LogP) is 19.1. The van der Waals surface area contributed by atoms with Crippen LogP contribution in [-0.4, -0.2) is 0 Å². The second-order valence-electron chi connectivity index (χ2n) is 17.3. The van der Waals surface area contributed by atoms with Gasteiger partial charge in [0.2, 0.25) is 0 Å². The average Bonchev–Trinajstić information content (AvgIpc) is 3.81. The Hall–Kier alpha value is -9.18. The van der Waals surface area contributed by atoms with E-state index in [1.807, 2.05) is 12.2 Å². The summed E-state index contributed by atoms with van der Waals surface area (Å²) in [5, 5.41) is 9.32. The van der Waals surface area contributed by atoms with E-state index in [4.69, 9.17) is 4.42 Å². The van der Waals surface area contributed by atoms with Crippen LogP contribution in [0.2, 0.25) is 0 Å². The highest BCUT2D eigenvalue weighted by Gasteiger charge is 2.22. The summed E-state index contributed by atoms with van der Waals surface area (Å²) in [7, 11) is 0. The molecule has 12 rings (SSSR count). The zero-order chi connectivity index (χ0) is 46.3. The van der Waals surface area contributed by atoms with Gasteiger partial charge in [-0.05, 0) is 116 Å². The molecule has 1 heterocycles. The number of allylic oxidation sites excluding steroid dienone is 4. The molecular weight excluding hydrogens is 837 g/mol. The van der Waals surface area contributed by atoms with E-state index in [0.717, 1.165) is 94.5 Å². The lowest BCUT2D eigenvalue weighted by molar-refractivity contribution is 0.669. The SMILES string of the molecule is C=C/C=C(\C=C)c1ccc(N(c2ccc(-c3ccccc3)cc2)c2ccc(-c3ccc(N(c4ccccc4)c4cc5oc6ccc7ccccc7c6c5c5ccccc45)cc3)c3ccccc23)cc1. The highest BCUT2D eigenvalue weighted by atomic mass is 16.3. The highest BCUT2D eigenvalue weighted by molar-refractivity contribution is 6.28. The summed E-state index contributed by atoms with van der Waals surface area (Å²) in [5.41, 5.74) is 14.9. The van der Waals surface area contributed by atoms with Crippen molar-refractivity contribution in [1.29, 1.82) is 0 Å². The van der Waals surface area contributed by atoms with Crippen LogP contribution >= 0.6 is 0 Å². The fraction of sp³-hybridized carbons (Fsp3) is 0. The molecule has 0 N–H and O–H groups in total. The van der Waals surface area contributed by atoms with Crippen LogP contribution in [0, 0.1) is 0 Å². The minimum Gasteiger partial charge on any atom is -0.456 e. The third kappa shape index (κ3) is 7.34. The zero-order valence-electron chi connectivity index (χ0n) is 38.0. The molecule has 326 valence electrons. The van der Waals surface area contributed by atoms with Crippen molar-refractivity contribution < 1.29 is 4.42 Å². The molecule has 0 unspecified atom stereocenters. The molecule has 3 nitrogen and oxygen atoms in total. The Morgan fingerprint density at radius 3 is 1.55 bits per heavy atom. The molecule has 0 aliphatic heterocycles. The largest absolute Gasteiger partial charge is 0.456 e. The van der Waals surface area contributed by atoms with Crippen LogP contribution in [0.15, 0.2) is 272 Å². The lowest BCUT2D eigenvalue weighted by atomic mass is 9.95. The van der Waals surface area contributed by atoms with Crippen LogP contribution in [0.4, 0.5) is 34.1 Å². The average molecular weight is 883 g/mol. The van der Waals surface area contributed by atoms with E-state index in [1.54, 1.807) is 6.08 Å². The number of nitrogens with zero attached hydrogens (tertiary/aromatic N) is 2. The van der Waals surface area contributed by atoms with Crippen LogP contribution < -0.4 is 9.80 Å². The summed E-state index contributed by atoms with van der Waals surface area (Å²) in [5.74, 6) is 0. The summed E-state index contributed by atoms with van der Waals surface area (Å²) >= 11 is 0. The molecule has 0 spiro atoms. The maximum Gasteiger partial charge on any atom is 0.138 e. The van der Waals surface area contributed by atoms with E-state index in [2.05, 4.69) is 260 Å². The molecule has 69 heavy (non-hydrogen) atoms. The monoisotopic (exact) mass is 882 g/mol. The number of hydrogen-bond acceptors (Lipinski definition) is 3.